The van der Waals surface area contributed by atoms with Gasteiger partial charge in [-0.1, -0.05) is 66.2 Å². The summed E-state index contributed by atoms with van der Waals surface area (Å²) in [7, 11) is 0. The van der Waals surface area contributed by atoms with Crippen molar-refractivity contribution >= 4 is 22.4 Å². The lowest BCUT2D eigenvalue weighted by molar-refractivity contribution is 0.0205. The van der Waals surface area contributed by atoms with E-state index in [-0.39, 0.29) is 11.1 Å². The van der Waals surface area contributed by atoms with Gasteiger partial charge < -0.3 is 10.1 Å². The molecule has 3 aromatic carbocycles. The van der Waals surface area contributed by atoms with Crippen LogP contribution in [0.2, 0.25) is 0 Å². The molecule has 0 radical (unpaired) electrons. The van der Waals surface area contributed by atoms with Gasteiger partial charge in [-0.25, -0.2) is 14.2 Å². The summed E-state index contributed by atoms with van der Waals surface area (Å²) in [5, 5.41) is 3.82. The minimum absolute atomic E-state index is 0.179. The summed E-state index contributed by atoms with van der Waals surface area (Å²) in [5.41, 5.74) is 2.40. The number of benzene rings is 3. The lowest BCUT2D eigenvalue weighted by Gasteiger charge is -2.30. The maximum absolute atomic E-state index is 15.1. The van der Waals surface area contributed by atoms with E-state index >= 15 is 4.39 Å². The van der Waals surface area contributed by atoms with Gasteiger partial charge >= 0.3 is 5.97 Å². The summed E-state index contributed by atoms with van der Waals surface area (Å²) in [5.74, 6) is -1.08. The monoisotopic (exact) mass is 430 g/mol. The third-order valence-corrected chi connectivity index (χ3v) is 6.30. The van der Waals surface area contributed by atoms with E-state index in [0.717, 1.165) is 21.7 Å². The molecule has 1 aliphatic rings. The van der Waals surface area contributed by atoms with Gasteiger partial charge in [0.05, 0.1) is 16.8 Å². The molecular formula is C25H19FN2O2S. The first-order valence-corrected chi connectivity index (χ1v) is 10.7. The molecule has 1 N–H and O–H groups in total. The van der Waals surface area contributed by atoms with Crippen LogP contribution in [-0.2, 0) is 10.5 Å². The second kappa shape index (κ2) is 7.32. The fourth-order valence-corrected chi connectivity index (χ4v) is 4.80. The number of fused-ring (bicyclic) bond motifs is 1. The molecule has 0 saturated carbocycles. The van der Waals surface area contributed by atoms with Crippen molar-refractivity contribution in [3.05, 3.63) is 106 Å². The van der Waals surface area contributed by atoms with Crippen LogP contribution in [0, 0.1) is 19.7 Å². The number of cyclic esters (lactones) is 1. The summed E-state index contributed by atoms with van der Waals surface area (Å²) in [6.45, 7) is 3.95. The molecular weight excluding hydrogens is 411 g/mol. The van der Waals surface area contributed by atoms with Gasteiger partial charge in [-0.2, -0.15) is 0 Å². The van der Waals surface area contributed by atoms with E-state index < -0.39 is 17.5 Å². The van der Waals surface area contributed by atoms with E-state index in [1.54, 1.807) is 6.07 Å². The number of ether oxygens (including phenoxy) is 1. The summed E-state index contributed by atoms with van der Waals surface area (Å²) in [6, 6.07) is 21.8. The smallest absolute Gasteiger partial charge is 0.341 e. The molecule has 2 heterocycles. The molecule has 0 bridgehead atoms. The zero-order chi connectivity index (χ0) is 21.6. The molecule has 0 saturated heterocycles. The highest BCUT2D eigenvalue weighted by Crippen LogP contribution is 2.45. The molecule has 154 valence electrons. The predicted octanol–water partition coefficient (Wildman–Crippen LogP) is 6.05. The number of esters is 1. The maximum Gasteiger partial charge on any atom is 0.341 e. The van der Waals surface area contributed by atoms with Crippen LogP contribution >= 0.6 is 11.3 Å². The third-order valence-electron chi connectivity index (χ3n) is 5.42. The summed E-state index contributed by atoms with van der Waals surface area (Å²) in [4.78, 5) is 18.5. The van der Waals surface area contributed by atoms with Gasteiger partial charge in [-0.05, 0) is 26.0 Å². The van der Waals surface area contributed by atoms with Crippen LogP contribution < -0.4 is 5.32 Å². The fourth-order valence-electron chi connectivity index (χ4n) is 3.91. The fraction of sp³-hybridized carbons (Fsp3) is 0.120. The topological polar surface area (TPSA) is 51.2 Å². The molecule has 6 heteroatoms. The Bertz CT molecular complexity index is 1280. The Morgan fingerprint density at radius 2 is 1.71 bits per heavy atom. The van der Waals surface area contributed by atoms with Crippen LogP contribution in [-0.4, -0.2) is 11.0 Å². The number of nitrogens with zero attached hydrogens (tertiary/aromatic N) is 1. The zero-order valence-corrected chi connectivity index (χ0v) is 17.8. The van der Waals surface area contributed by atoms with Crippen molar-refractivity contribution in [2.75, 3.05) is 5.32 Å². The number of rotatable bonds is 4. The van der Waals surface area contributed by atoms with E-state index in [1.165, 1.54) is 23.5 Å². The SMILES string of the molecule is Cc1ccc(C2(Nc3nc(-c4ccccc4)c(C)s3)OC(=O)c3cccc(F)c32)cc1. The Morgan fingerprint density at radius 1 is 0.968 bits per heavy atom. The summed E-state index contributed by atoms with van der Waals surface area (Å²) < 4.78 is 20.9. The van der Waals surface area contributed by atoms with Crippen molar-refractivity contribution in [3.8, 4) is 11.3 Å². The predicted molar refractivity (Wildman–Crippen MR) is 120 cm³/mol. The number of hydrogen-bond acceptors (Lipinski definition) is 5. The molecule has 4 aromatic rings. The highest BCUT2D eigenvalue weighted by atomic mass is 32.1. The molecule has 4 nitrogen and oxygen atoms in total. The normalized spacial score (nSPS) is 17.3. The number of nitrogens with one attached hydrogen (secondary N) is 1. The minimum Gasteiger partial charge on any atom is -0.426 e. The van der Waals surface area contributed by atoms with Crippen molar-refractivity contribution in [2.45, 2.75) is 19.6 Å². The van der Waals surface area contributed by atoms with Crippen LogP contribution in [0.4, 0.5) is 9.52 Å². The van der Waals surface area contributed by atoms with Gasteiger partial charge in [-0.3, -0.25) is 0 Å². The number of hydrogen-bond donors (Lipinski definition) is 1. The highest BCUT2D eigenvalue weighted by molar-refractivity contribution is 7.16. The second-order valence-corrected chi connectivity index (χ2v) is 8.72. The molecule has 1 aromatic heterocycles. The van der Waals surface area contributed by atoms with Crippen molar-refractivity contribution in [1.82, 2.24) is 4.98 Å². The van der Waals surface area contributed by atoms with Crippen molar-refractivity contribution in [3.63, 3.8) is 0 Å². The molecule has 0 amide bonds. The Balaban J connectivity index is 1.67. The van der Waals surface area contributed by atoms with E-state index in [4.69, 9.17) is 9.72 Å². The maximum atomic E-state index is 15.1. The summed E-state index contributed by atoms with van der Waals surface area (Å²) >= 11 is 1.44. The van der Waals surface area contributed by atoms with Crippen LogP contribution in [0.5, 0.6) is 0 Å². The Kier molecular flexibility index (Phi) is 4.59. The largest absolute Gasteiger partial charge is 0.426 e. The van der Waals surface area contributed by atoms with Gasteiger partial charge in [0.2, 0.25) is 5.72 Å². The second-order valence-electron chi connectivity index (χ2n) is 7.51. The molecule has 0 fully saturated rings. The Hall–Kier alpha value is -3.51. The number of anilines is 1. The zero-order valence-electron chi connectivity index (χ0n) is 17.0. The van der Waals surface area contributed by atoms with Crippen LogP contribution in [0.3, 0.4) is 0 Å². The summed E-state index contributed by atoms with van der Waals surface area (Å²) in [6.07, 6.45) is 0. The quantitative estimate of drug-likeness (QED) is 0.401. The highest BCUT2D eigenvalue weighted by Gasteiger charge is 2.50. The van der Waals surface area contributed by atoms with Crippen LogP contribution in [0.1, 0.15) is 31.9 Å². The number of thiazole rings is 1. The van der Waals surface area contributed by atoms with E-state index in [1.807, 2.05) is 68.4 Å². The first-order valence-electron chi connectivity index (χ1n) is 9.88. The van der Waals surface area contributed by atoms with Gasteiger partial charge in [0.25, 0.3) is 0 Å². The first kappa shape index (κ1) is 19.5. The molecule has 0 aliphatic carbocycles. The minimum atomic E-state index is -1.50. The number of carbonyl (C=O) groups is 1. The van der Waals surface area contributed by atoms with E-state index in [2.05, 4.69) is 5.32 Å². The molecule has 1 aliphatic heterocycles. The average molecular weight is 431 g/mol. The lowest BCUT2D eigenvalue weighted by atomic mass is 9.92. The van der Waals surface area contributed by atoms with Crippen molar-refractivity contribution < 1.29 is 13.9 Å². The Labute approximate surface area is 183 Å². The number of aryl methyl sites for hydroxylation is 2. The van der Waals surface area contributed by atoms with E-state index in [0.29, 0.717) is 10.7 Å². The lowest BCUT2D eigenvalue weighted by Crippen LogP contribution is -2.37. The number of carbonyl (C=O) groups excluding carboxylic acids is 1. The molecule has 0 spiro atoms. The Morgan fingerprint density at radius 3 is 2.45 bits per heavy atom. The standard InChI is InChI=1S/C25H19FN2O2S/c1-15-11-13-18(14-12-15)25(21-19(23(29)30-25)9-6-10-20(21)26)28-24-27-22(16(2)31-24)17-7-4-3-5-8-17/h3-14H,1-2H3,(H,27,28). The number of halogens is 1. The van der Waals surface area contributed by atoms with Gasteiger partial charge in [0.1, 0.15) is 5.82 Å². The molecule has 5 rings (SSSR count). The van der Waals surface area contributed by atoms with Gasteiger partial charge in [0.15, 0.2) is 5.13 Å². The first-order chi connectivity index (χ1) is 15.0. The van der Waals surface area contributed by atoms with Crippen LogP contribution in [0.25, 0.3) is 11.3 Å². The van der Waals surface area contributed by atoms with Gasteiger partial charge in [-0.15, -0.1) is 11.3 Å². The van der Waals surface area contributed by atoms with Crippen molar-refractivity contribution in [2.24, 2.45) is 0 Å². The van der Waals surface area contributed by atoms with E-state index in [9.17, 15) is 4.79 Å². The third kappa shape index (κ3) is 3.20. The molecule has 1 unspecified atom stereocenters. The molecule has 1 atom stereocenters. The number of aromatic nitrogens is 1. The molecule has 31 heavy (non-hydrogen) atoms. The van der Waals surface area contributed by atoms with Crippen molar-refractivity contribution in [1.29, 1.82) is 0 Å². The van der Waals surface area contributed by atoms with Gasteiger partial charge in [0, 0.05) is 16.0 Å². The van der Waals surface area contributed by atoms with Crippen LogP contribution in [0.15, 0.2) is 72.8 Å². The average Bonchev–Trinajstić information content (AvgIpc) is 3.27.